The van der Waals surface area contributed by atoms with Crippen molar-refractivity contribution in [1.82, 2.24) is 14.5 Å². The van der Waals surface area contributed by atoms with Gasteiger partial charge in [0.05, 0.1) is 24.9 Å². The third-order valence-corrected chi connectivity index (χ3v) is 14.5. The maximum atomic E-state index is 13.6. The molecular weight excluding hydrogens is 974 g/mol. The van der Waals surface area contributed by atoms with Gasteiger partial charge in [-0.2, -0.15) is 11.3 Å². The summed E-state index contributed by atoms with van der Waals surface area (Å²) in [6, 6.07) is 45.9. The number of fused-ring (bicyclic) bond motifs is 4. The molecule has 3 aromatic heterocycles. The summed E-state index contributed by atoms with van der Waals surface area (Å²) < 4.78 is 49.1. The van der Waals surface area contributed by atoms with Crippen molar-refractivity contribution in [3.63, 3.8) is 0 Å². The van der Waals surface area contributed by atoms with Crippen LogP contribution in [-0.4, -0.2) is 22.6 Å². The topological polar surface area (TPSA) is 30.7 Å². The normalized spacial score (nSPS) is 13.1. The van der Waals surface area contributed by atoms with Gasteiger partial charge in [-0.15, -0.1) is 53.6 Å². The number of pyridine rings is 1. The molecule has 7 heteroatoms. The Morgan fingerprint density at radius 2 is 1.47 bits per heavy atom. The Kier molecular flexibility index (Phi) is 11.8. The summed E-state index contributed by atoms with van der Waals surface area (Å²) in [5.74, 6) is 0.682. The van der Waals surface area contributed by atoms with Crippen LogP contribution < -0.4 is 5.19 Å². The van der Waals surface area contributed by atoms with Crippen LogP contribution in [0.2, 0.25) is 19.6 Å². The largest absolute Gasteiger partial charge is 0.333 e. The molecule has 0 N–H and O–H groups in total. The van der Waals surface area contributed by atoms with E-state index in [1.807, 2.05) is 44.3 Å². The van der Waals surface area contributed by atoms with Crippen molar-refractivity contribution in [2.75, 3.05) is 0 Å². The zero-order valence-electron chi connectivity index (χ0n) is 40.7. The molecule has 0 aliphatic rings. The van der Waals surface area contributed by atoms with Crippen LogP contribution in [0.15, 0.2) is 128 Å². The molecule has 0 saturated heterocycles. The predicted octanol–water partition coefficient (Wildman–Crippen LogP) is 15.4. The number of aryl methyl sites for hydroxylation is 1. The Morgan fingerprint density at radius 3 is 2.11 bits per heavy atom. The fourth-order valence-corrected chi connectivity index (χ4v) is 10.9. The number of halogens is 1. The number of hydrogen-bond acceptors (Lipinski definition) is 3. The van der Waals surface area contributed by atoms with Crippen molar-refractivity contribution in [3.05, 3.63) is 168 Å². The van der Waals surface area contributed by atoms with E-state index in [2.05, 4.69) is 136 Å². The molecule has 0 amide bonds. The third-order valence-electron chi connectivity index (χ3n) is 11.3. The number of rotatable bonds is 8. The van der Waals surface area contributed by atoms with Crippen LogP contribution in [0, 0.1) is 24.8 Å². The van der Waals surface area contributed by atoms with Crippen molar-refractivity contribution in [2.45, 2.75) is 85.8 Å². The summed E-state index contributed by atoms with van der Waals surface area (Å²) in [6.07, 6.45) is 1.89. The predicted molar refractivity (Wildman–Crippen MR) is 262 cm³/mol. The van der Waals surface area contributed by atoms with E-state index >= 15 is 0 Å². The second kappa shape index (κ2) is 18.4. The minimum absolute atomic E-state index is 0. The zero-order chi connectivity index (χ0) is 46.6. The minimum atomic E-state index is -2.13. The van der Waals surface area contributed by atoms with E-state index in [0.29, 0.717) is 11.8 Å². The minimum Gasteiger partial charge on any atom is -0.333 e. The van der Waals surface area contributed by atoms with Gasteiger partial charge < -0.3 is 9.55 Å². The second-order valence-electron chi connectivity index (χ2n) is 17.6. The van der Waals surface area contributed by atoms with E-state index in [1.165, 1.54) is 60.4 Å². The van der Waals surface area contributed by atoms with Gasteiger partial charge in [0.1, 0.15) is 5.82 Å². The maximum absolute atomic E-state index is 13.6. The average molecular weight is 1030 g/mol. The van der Waals surface area contributed by atoms with Crippen LogP contribution in [0.3, 0.4) is 0 Å². The van der Waals surface area contributed by atoms with Gasteiger partial charge >= 0.3 is 0 Å². The Labute approximate surface area is 391 Å². The maximum Gasteiger partial charge on any atom is 0.123 e. The summed E-state index contributed by atoms with van der Waals surface area (Å²) in [5, 5.41) is 3.59. The molecule has 9 aromatic rings. The SMILES string of the molecule is CC(C)c1cccc(C(C)C)c1-n1c(-c2[c-]ccc3c2sc2cc(-c4ccc(F)cc4)ccc23)nc2ccccc21.[2H]C([2H])([2H])c1c[c-]c(-c2cc(C([2H])(C)C)c([Si](C)(C)C)cn2)cc1.[Ir]. The number of nitrogens with zero attached hydrogens (tertiary/aromatic N) is 3. The van der Waals surface area contributed by atoms with Crippen LogP contribution in [0.25, 0.3) is 70.7 Å². The summed E-state index contributed by atoms with van der Waals surface area (Å²) in [6.45, 7) is 17.4. The molecule has 0 bridgehead atoms. The molecule has 0 fully saturated rings. The van der Waals surface area contributed by atoms with E-state index < -0.39 is 20.8 Å². The van der Waals surface area contributed by atoms with Gasteiger partial charge in [-0.3, -0.25) is 4.98 Å². The van der Waals surface area contributed by atoms with Crippen molar-refractivity contribution in [3.8, 4) is 39.5 Å². The monoisotopic (exact) mass is 1030 g/mol. The van der Waals surface area contributed by atoms with E-state index in [1.54, 1.807) is 23.5 Å². The molecule has 62 heavy (non-hydrogen) atoms. The fourth-order valence-electron chi connectivity index (χ4n) is 8.12. The molecule has 0 saturated carbocycles. The van der Waals surface area contributed by atoms with Gasteiger partial charge in [0.25, 0.3) is 0 Å². The molecule has 3 nitrogen and oxygen atoms in total. The molecule has 3 heterocycles. The number of thiophene rings is 1. The van der Waals surface area contributed by atoms with E-state index in [0.717, 1.165) is 50.4 Å². The first-order chi connectivity index (χ1) is 30.7. The van der Waals surface area contributed by atoms with Gasteiger partial charge in [-0.05, 0) is 91.3 Å². The molecule has 0 aliphatic heterocycles. The Balaban J connectivity index is 0.000000223. The van der Waals surface area contributed by atoms with Gasteiger partial charge in [-0.25, -0.2) is 4.39 Å². The number of aromatic nitrogens is 3. The molecule has 0 atom stereocenters. The van der Waals surface area contributed by atoms with Gasteiger partial charge in [0.15, 0.2) is 0 Å². The zero-order valence-corrected chi connectivity index (χ0v) is 41.0. The molecule has 1 radical (unpaired) electrons. The van der Waals surface area contributed by atoms with Crippen molar-refractivity contribution in [1.29, 1.82) is 0 Å². The second-order valence-corrected chi connectivity index (χ2v) is 23.7. The standard InChI is InChI=1S/C37H30FN2S.C18H24NSi.Ir/c1-22(2)27-9-7-10-28(23(3)4)35(27)40-33-14-6-5-13-32(33)39-37(40)31-12-8-11-30-29-20-17-25(21-34(29)41-36(30)31)24-15-18-26(38)19-16-24;1-13(2)16-11-17(15-9-7-14(3)8-10-15)19-12-18(16)20(4,5)6;/h5-11,13-23H,1-4H3;7-9,11-13H,1-6H3;/q2*-1;/i;3D3,13D;. The summed E-state index contributed by atoms with van der Waals surface area (Å²) in [7, 11) is -1.61. The summed E-state index contributed by atoms with van der Waals surface area (Å²) >= 11 is 1.77. The van der Waals surface area contributed by atoms with Gasteiger partial charge in [0.2, 0.25) is 0 Å². The summed E-state index contributed by atoms with van der Waals surface area (Å²) in [4.78, 5) is 9.82. The fraction of sp³-hybridized carbons (Fsp3) is 0.236. The van der Waals surface area contributed by atoms with Crippen LogP contribution in [0.5, 0.6) is 0 Å². The third kappa shape index (κ3) is 8.92. The molecule has 0 unspecified atom stereocenters. The van der Waals surface area contributed by atoms with E-state index in [9.17, 15) is 4.39 Å². The van der Waals surface area contributed by atoms with Crippen molar-refractivity contribution in [2.24, 2.45) is 0 Å². The molecule has 0 spiro atoms. The Hall–Kier alpha value is -5.04. The molecular formula is C55H54FIrN3SSi-2. The molecule has 6 aromatic carbocycles. The van der Waals surface area contributed by atoms with Crippen LogP contribution in [0.1, 0.15) is 87.0 Å². The Morgan fingerprint density at radius 1 is 0.758 bits per heavy atom. The van der Waals surface area contributed by atoms with Crippen molar-refractivity contribution >= 4 is 55.8 Å². The molecule has 0 aliphatic carbocycles. The summed E-state index contributed by atoms with van der Waals surface area (Å²) in [5.41, 5.74) is 11.7. The number of benzene rings is 6. The van der Waals surface area contributed by atoms with E-state index in [-0.39, 0.29) is 31.5 Å². The van der Waals surface area contributed by atoms with Crippen LogP contribution in [0.4, 0.5) is 4.39 Å². The number of para-hydroxylation sites is 3. The Bertz CT molecular complexity index is 3150. The molecule has 317 valence electrons. The van der Waals surface area contributed by atoms with E-state index in [4.69, 9.17) is 10.5 Å². The average Bonchev–Trinajstić information content (AvgIpc) is 3.84. The first-order valence-corrected chi connectivity index (χ1v) is 25.3. The quantitative estimate of drug-likeness (QED) is 0.112. The first kappa shape index (κ1) is 39.8. The number of hydrogen-bond donors (Lipinski definition) is 0. The van der Waals surface area contributed by atoms with Gasteiger partial charge in [0, 0.05) is 42.2 Å². The van der Waals surface area contributed by atoms with Crippen LogP contribution in [-0.2, 0) is 20.1 Å². The first-order valence-electron chi connectivity index (χ1n) is 23.0. The number of imidazole rings is 1. The molecule has 9 rings (SSSR count). The van der Waals surface area contributed by atoms with Gasteiger partial charge in [-0.1, -0.05) is 145 Å². The van der Waals surface area contributed by atoms with Crippen LogP contribution >= 0.6 is 11.3 Å². The van der Waals surface area contributed by atoms with Crippen molar-refractivity contribution < 1.29 is 30.0 Å². The smallest absolute Gasteiger partial charge is 0.123 e.